The summed E-state index contributed by atoms with van der Waals surface area (Å²) in [5.74, 6) is 0.230. The molecule has 6 heteroatoms. The predicted octanol–water partition coefficient (Wildman–Crippen LogP) is 4.77. The number of aryl methyl sites for hydroxylation is 1. The van der Waals surface area contributed by atoms with E-state index in [0.29, 0.717) is 30.1 Å². The second-order valence-electron chi connectivity index (χ2n) is 7.95. The summed E-state index contributed by atoms with van der Waals surface area (Å²) < 4.78 is 19.4. The van der Waals surface area contributed by atoms with E-state index in [1.165, 1.54) is 11.1 Å². The largest absolute Gasteiger partial charge is 0.493 e. The van der Waals surface area contributed by atoms with Gasteiger partial charge in [0.1, 0.15) is 11.4 Å². The monoisotopic (exact) mass is 414 g/mol. The molecule has 0 amide bonds. The smallest absolute Gasteiger partial charge is 0.205 e. The first-order valence-electron chi connectivity index (χ1n) is 10.7. The molecule has 5 nitrogen and oxygen atoms in total. The minimum atomic E-state index is -0.741. The average molecular weight is 415 g/mol. The molecule has 0 bridgehead atoms. The molecule has 1 aliphatic rings. The van der Waals surface area contributed by atoms with E-state index in [-0.39, 0.29) is 5.92 Å². The lowest BCUT2D eigenvalue weighted by Gasteiger charge is -2.19. The first kappa shape index (κ1) is 23.8. The molecule has 30 heavy (non-hydrogen) atoms. The van der Waals surface area contributed by atoms with E-state index in [0.717, 1.165) is 49.3 Å². The zero-order valence-electron chi connectivity index (χ0n) is 18.7. The second kappa shape index (κ2) is 11.1. The van der Waals surface area contributed by atoms with Gasteiger partial charge in [0.2, 0.25) is 5.95 Å². The summed E-state index contributed by atoms with van der Waals surface area (Å²) in [6.07, 6.45) is 4.02. The van der Waals surface area contributed by atoms with Crippen molar-refractivity contribution in [3.8, 4) is 5.75 Å². The van der Waals surface area contributed by atoms with Crippen LogP contribution in [0.25, 0.3) is 0 Å². The Morgan fingerprint density at radius 1 is 1.30 bits per heavy atom. The molecular weight excluding hydrogens is 379 g/mol. The van der Waals surface area contributed by atoms with Crippen LogP contribution in [-0.4, -0.2) is 24.6 Å². The van der Waals surface area contributed by atoms with Crippen molar-refractivity contribution in [2.24, 2.45) is 27.4 Å². The van der Waals surface area contributed by atoms with Crippen LogP contribution in [0.5, 0.6) is 5.75 Å². The van der Waals surface area contributed by atoms with Crippen molar-refractivity contribution in [3.63, 3.8) is 0 Å². The van der Waals surface area contributed by atoms with Gasteiger partial charge < -0.3 is 16.2 Å². The zero-order chi connectivity index (χ0) is 22.3. The van der Waals surface area contributed by atoms with E-state index in [1.807, 2.05) is 13.8 Å². The Labute approximate surface area is 179 Å². The molecule has 0 aliphatic carbocycles. The van der Waals surface area contributed by atoms with E-state index in [1.54, 1.807) is 6.92 Å². The number of hydrogen-bond acceptors (Lipinski definition) is 5. The first-order valence-corrected chi connectivity index (χ1v) is 10.7. The Morgan fingerprint density at radius 2 is 2.03 bits per heavy atom. The van der Waals surface area contributed by atoms with Crippen LogP contribution in [0.2, 0.25) is 0 Å². The molecule has 0 fully saturated rings. The summed E-state index contributed by atoms with van der Waals surface area (Å²) in [5.41, 5.74) is 18.0. The molecule has 0 aromatic heterocycles. The van der Waals surface area contributed by atoms with E-state index in [9.17, 15) is 4.39 Å². The van der Waals surface area contributed by atoms with Crippen LogP contribution in [-0.2, 0) is 12.8 Å². The molecule has 1 heterocycles. The molecule has 4 N–H and O–H groups in total. The Morgan fingerprint density at radius 3 is 2.63 bits per heavy atom. The summed E-state index contributed by atoms with van der Waals surface area (Å²) in [6.45, 7) is 12.5. The minimum Gasteiger partial charge on any atom is -0.493 e. The van der Waals surface area contributed by atoms with Gasteiger partial charge in [0.25, 0.3) is 0 Å². The summed E-state index contributed by atoms with van der Waals surface area (Å²) >= 11 is 0. The maximum absolute atomic E-state index is 13.7. The Bertz CT molecular complexity index is 866. The molecule has 0 radical (unpaired) electrons. The topological polar surface area (TPSA) is 86.0 Å². The van der Waals surface area contributed by atoms with E-state index in [4.69, 9.17) is 21.2 Å². The average Bonchev–Trinajstić information content (AvgIpc) is 3.12. The fraction of sp³-hybridized carbons (Fsp3) is 0.500. The van der Waals surface area contributed by atoms with Crippen LogP contribution in [0.15, 0.2) is 46.0 Å². The number of aliphatic imine (C=N–C) groups is 2. The van der Waals surface area contributed by atoms with Crippen LogP contribution in [0.4, 0.5) is 4.39 Å². The molecule has 164 valence electrons. The van der Waals surface area contributed by atoms with Gasteiger partial charge in [-0.25, -0.2) is 4.99 Å². The molecule has 1 unspecified atom stereocenters. The molecule has 1 aromatic rings. The molecular formula is C24H35FN4O. The summed E-state index contributed by atoms with van der Waals surface area (Å²) in [4.78, 5) is 8.89. The van der Waals surface area contributed by atoms with E-state index >= 15 is 0 Å². The van der Waals surface area contributed by atoms with Crippen molar-refractivity contribution in [1.82, 2.24) is 0 Å². The van der Waals surface area contributed by atoms with Gasteiger partial charge in [0.15, 0.2) is 0 Å². The molecule has 1 aromatic carbocycles. The maximum Gasteiger partial charge on any atom is 0.205 e. The predicted molar refractivity (Wildman–Crippen MR) is 124 cm³/mol. The highest BCUT2D eigenvalue weighted by atomic mass is 19.1. The van der Waals surface area contributed by atoms with Crippen molar-refractivity contribution in [1.29, 1.82) is 0 Å². The van der Waals surface area contributed by atoms with Gasteiger partial charge in [0, 0.05) is 30.2 Å². The molecule has 2 rings (SSSR count). The van der Waals surface area contributed by atoms with Gasteiger partial charge >= 0.3 is 0 Å². The van der Waals surface area contributed by atoms with Crippen LogP contribution >= 0.6 is 0 Å². The van der Waals surface area contributed by atoms with Crippen molar-refractivity contribution in [2.75, 3.05) is 13.2 Å². The third kappa shape index (κ3) is 6.26. The first-order chi connectivity index (χ1) is 14.3. The highest BCUT2D eigenvalue weighted by Gasteiger charge is 2.21. The molecule has 0 saturated carbocycles. The number of hydrogen-bond donors (Lipinski definition) is 2. The van der Waals surface area contributed by atoms with Crippen LogP contribution in [0, 0.1) is 12.8 Å². The van der Waals surface area contributed by atoms with Crippen molar-refractivity contribution in [2.45, 2.75) is 59.8 Å². The molecule has 0 spiro atoms. The van der Waals surface area contributed by atoms with Gasteiger partial charge in [-0.15, -0.1) is 0 Å². The number of nitrogens with zero attached hydrogens (tertiary/aromatic N) is 2. The van der Waals surface area contributed by atoms with Gasteiger partial charge in [0.05, 0.1) is 12.3 Å². The fourth-order valence-corrected chi connectivity index (χ4v) is 3.80. The third-order valence-electron chi connectivity index (χ3n) is 5.39. The second-order valence-corrected chi connectivity index (χ2v) is 7.95. The lowest BCUT2D eigenvalue weighted by molar-refractivity contribution is 0.356. The summed E-state index contributed by atoms with van der Waals surface area (Å²) in [5, 5.41) is 0. The van der Waals surface area contributed by atoms with Crippen LogP contribution in [0.1, 0.15) is 56.7 Å². The fourth-order valence-electron chi connectivity index (χ4n) is 3.80. The van der Waals surface area contributed by atoms with Crippen molar-refractivity contribution < 1.29 is 9.13 Å². The number of nitrogens with two attached hydrogens (primary N) is 2. The normalized spacial score (nSPS) is 16.1. The zero-order valence-corrected chi connectivity index (χ0v) is 18.7. The minimum absolute atomic E-state index is 0.0150. The van der Waals surface area contributed by atoms with Gasteiger partial charge in [-0.05, 0) is 75.9 Å². The maximum atomic E-state index is 13.7. The van der Waals surface area contributed by atoms with Gasteiger partial charge in [-0.3, -0.25) is 4.99 Å². The SMILES string of the molecule is C=C(F)/N=C(\C(N=C(C)Cc1cc2c(cc1C)CCO2)=C(/C)N)C(CC)CCCN. The van der Waals surface area contributed by atoms with E-state index in [2.05, 4.69) is 30.6 Å². The summed E-state index contributed by atoms with van der Waals surface area (Å²) in [7, 11) is 0. The number of halogens is 1. The quantitative estimate of drug-likeness (QED) is 0.427. The standard InChI is InChI=1S/C24H35FN4O/c1-6-19(8-7-10-26)24(29-18(5)25)23(17(4)27)28-16(3)13-21-14-22-20(9-11-30-22)12-15(21)2/h12,14,19H,5-11,13,26-27H2,1-4H3/b23-17-,28-16?,29-24-. The number of fused-ring (bicyclic) bond motifs is 1. The Kier molecular flexibility index (Phi) is 8.78. The lowest BCUT2D eigenvalue weighted by atomic mass is 9.91. The van der Waals surface area contributed by atoms with Gasteiger partial charge in [-0.1, -0.05) is 13.0 Å². The summed E-state index contributed by atoms with van der Waals surface area (Å²) in [6, 6.07) is 4.29. The van der Waals surface area contributed by atoms with Crippen molar-refractivity contribution >= 4 is 11.4 Å². The Hall–Kier alpha value is -2.47. The van der Waals surface area contributed by atoms with E-state index < -0.39 is 5.95 Å². The van der Waals surface area contributed by atoms with Crippen LogP contribution in [0.3, 0.4) is 0 Å². The number of allylic oxidation sites excluding steroid dienone is 2. The number of benzene rings is 1. The number of ether oxygens (including phenoxy) is 1. The van der Waals surface area contributed by atoms with Gasteiger partial charge in [-0.2, -0.15) is 4.39 Å². The molecule has 0 saturated heterocycles. The Balaban J connectivity index is 2.37. The number of rotatable bonds is 10. The van der Waals surface area contributed by atoms with Crippen LogP contribution < -0.4 is 16.2 Å². The molecule has 1 aliphatic heterocycles. The third-order valence-corrected chi connectivity index (χ3v) is 5.39. The highest BCUT2D eigenvalue weighted by Crippen LogP contribution is 2.29. The molecule has 1 atom stereocenters. The highest BCUT2D eigenvalue weighted by molar-refractivity contribution is 6.04. The lowest BCUT2D eigenvalue weighted by Crippen LogP contribution is -2.21. The van der Waals surface area contributed by atoms with Crippen molar-refractivity contribution in [3.05, 3.63) is 52.7 Å².